The van der Waals surface area contributed by atoms with Crippen molar-refractivity contribution < 1.29 is 9.53 Å². The summed E-state index contributed by atoms with van der Waals surface area (Å²) in [6.45, 7) is 3.57. The van der Waals surface area contributed by atoms with Gasteiger partial charge in [-0.1, -0.05) is 19.8 Å². The normalized spacial score (nSPS) is 10.4. The van der Waals surface area contributed by atoms with Crippen LogP contribution in [0.2, 0.25) is 0 Å². The molecule has 0 N–H and O–H groups in total. The van der Waals surface area contributed by atoms with Gasteiger partial charge in [0.1, 0.15) is 5.75 Å². The van der Waals surface area contributed by atoms with Crippen LogP contribution in [0.3, 0.4) is 0 Å². The van der Waals surface area contributed by atoms with Gasteiger partial charge in [-0.05, 0) is 37.1 Å². The number of nitrogens with zero attached hydrogens (tertiary/aromatic N) is 2. The van der Waals surface area contributed by atoms with Crippen molar-refractivity contribution in [1.82, 2.24) is 9.97 Å². The molecule has 0 aliphatic heterocycles. The maximum Gasteiger partial charge on any atom is 0.308 e. The Morgan fingerprint density at radius 3 is 2.43 bits per heavy atom. The van der Waals surface area contributed by atoms with Crippen LogP contribution in [0.15, 0.2) is 36.7 Å². The number of hydrogen-bond donors (Lipinski definition) is 0. The van der Waals surface area contributed by atoms with Gasteiger partial charge >= 0.3 is 5.97 Å². The van der Waals surface area contributed by atoms with E-state index in [0.29, 0.717) is 5.75 Å². The van der Waals surface area contributed by atoms with E-state index in [4.69, 9.17) is 4.74 Å². The Labute approximate surface area is 125 Å². The Morgan fingerprint density at radius 2 is 1.86 bits per heavy atom. The van der Waals surface area contributed by atoms with Crippen molar-refractivity contribution in [2.24, 2.45) is 0 Å². The van der Waals surface area contributed by atoms with E-state index < -0.39 is 0 Å². The first kappa shape index (κ1) is 15.2. The fourth-order valence-electron chi connectivity index (χ4n) is 2.05. The monoisotopic (exact) mass is 284 g/mol. The molecule has 0 amide bonds. The minimum atomic E-state index is -0.320. The summed E-state index contributed by atoms with van der Waals surface area (Å²) in [5, 5.41) is 0. The minimum Gasteiger partial charge on any atom is -0.427 e. The van der Waals surface area contributed by atoms with Gasteiger partial charge in [0.2, 0.25) is 0 Å². The first-order valence-corrected chi connectivity index (χ1v) is 7.29. The Bertz CT molecular complexity index is 577. The van der Waals surface area contributed by atoms with Gasteiger partial charge in [0.05, 0.1) is 17.6 Å². The van der Waals surface area contributed by atoms with Gasteiger partial charge < -0.3 is 4.74 Å². The van der Waals surface area contributed by atoms with Gasteiger partial charge in [-0.25, -0.2) is 0 Å². The summed E-state index contributed by atoms with van der Waals surface area (Å²) in [4.78, 5) is 19.8. The molecule has 2 rings (SSSR count). The second kappa shape index (κ2) is 7.53. The molecule has 0 saturated carbocycles. The maximum absolute atomic E-state index is 10.9. The molecule has 1 aromatic carbocycles. The zero-order valence-corrected chi connectivity index (χ0v) is 12.5. The number of ether oxygens (including phenoxy) is 1. The van der Waals surface area contributed by atoms with Crippen molar-refractivity contribution in [2.75, 3.05) is 0 Å². The molecule has 0 aliphatic carbocycles. The summed E-state index contributed by atoms with van der Waals surface area (Å²) in [6, 6.07) is 7.26. The highest BCUT2D eigenvalue weighted by Crippen LogP contribution is 2.20. The summed E-state index contributed by atoms with van der Waals surface area (Å²) in [7, 11) is 0. The number of carbonyl (C=O) groups excluding carboxylic acids is 1. The molecular formula is C17H20N2O2. The lowest BCUT2D eigenvalue weighted by Gasteiger charge is -2.04. The Hall–Kier alpha value is -2.23. The standard InChI is InChI=1S/C17H20N2O2/c1-3-4-5-6-15-11-19-17(12-18-15)14-7-9-16(10-8-14)21-13(2)20/h7-12H,3-6H2,1-2H3. The fraction of sp³-hybridized carbons (Fsp3) is 0.353. The van der Waals surface area contributed by atoms with Gasteiger partial charge in [-0.3, -0.25) is 14.8 Å². The molecule has 0 unspecified atom stereocenters. The Kier molecular flexibility index (Phi) is 5.43. The molecule has 2 aromatic rings. The molecule has 0 aliphatic rings. The number of unbranched alkanes of at least 4 members (excludes halogenated alkanes) is 2. The van der Waals surface area contributed by atoms with Crippen molar-refractivity contribution in [3.8, 4) is 17.0 Å². The second-order valence-electron chi connectivity index (χ2n) is 4.97. The number of aryl methyl sites for hydroxylation is 1. The molecule has 110 valence electrons. The van der Waals surface area contributed by atoms with Gasteiger partial charge in [0.25, 0.3) is 0 Å². The molecule has 1 aromatic heterocycles. The maximum atomic E-state index is 10.9. The third-order valence-electron chi connectivity index (χ3n) is 3.15. The Balaban J connectivity index is 2.02. The largest absolute Gasteiger partial charge is 0.427 e. The Morgan fingerprint density at radius 1 is 1.10 bits per heavy atom. The summed E-state index contributed by atoms with van der Waals surface area (Å²) in [5.74, 6) is 0.217. The quantitative estimate of drug-likeness (QED) is 0.460. The number of esters is 1. The lowest BCUT2D eigenvalue weighted by atomic mass is 10.1. The van der Waals surface area contributed by atoms with Crippen molar-refractivity contribution in [2.45, 2.75) is 39.5 Å². The van der Waals surface area contributed by atoms with Crippen molar-refractivity contribution in [3.63, 3.8) is 0 Å². The molecule has 4 heteroatoms. The van der Waals surface area contributed by atoms with Gasteiger partial charge in [-0.2, -0.15) is 0 Å². The van der Waals surface area contributed by atoms with Crippen LogP contribution in [0.25, 0.3) is 11.3 Å². The van der Waals surface area contributed by atoms with Crippen LogP contribution >= 0.6 is 0 Å². The number of rotatable bonds is 6. The molecule has 21 heavy (non-hydrogen) atoms. The van der Waals surface area contributed by atoms with E-state index in [-0.39, 0.29) is 5.97 Å². The first-order valence-electron chi connectivity index (χ1n) is 7.29. The molecule has 0 fully saturated rings. The molecule has 1 heterocycles. The smallest absolute Gasteiger partial charge is 0.308 e. The lowest BCUT2D eigenvalue weighted by Crippen LogP contribution is -2.01. The minimum absolute atomic E-state index is 0.320. The number of aromatic nitrogens is 2. The highest BCUT2D eigenvalue weighted by Gasteiger charge is 2.03. The number of carbonyl (C=O) groups is 1. The van der Waals surface area contributed by atoms with Gasteiger partial charge in [0.15, 0.2) is 0 Å². The van der Waals surface area contributed by atoms with E-state index in [0.717, 1.165) is 29.8 Å². The van der Waals surface area contributed by atoms with Crippen molar-refractivity contribution in [1.29, 1.82) is 0 Å². The highest BCUT2D eigenvalue weighted by molar-refractivity contribution is 5.69. The average molecular weight is 284 g/mol. The van der Waals surface area contributed by atoms with Crippen LogP contribution in [0.5, 0.6) is 5.75 Å². The average Bonchev–Trinajstić information content (AvgIpc) is 2.49. The van der Waals surface area contributed by atoms with Gasteiger partial charge in [-0.15, -0.1) is 0 Å². The van der Waals surface area contributed by atoms with Crippen LogP contribution in [0, 0.1) is 0 Å². The predicted octanol–water partition coefficient (Wildman–Crippen LogP) is 3.80. The van der Waals surface area contributed by atoms with Crippen LogP contribution in [-0.4, -0.2) is 15.9 Å². The van der Waals surface area contributed by atoms with E-state index in [1.54, 1.807) is 18.3 Å². The van der Waals surface area contributed by atoms with Crippen LogP contribution in [0.1, 0.15) is 38.8 Å². The molecule has 0 bridgehead atoms. The summed E-state index contributed by atoms with van der Waals surface area (Å²) in [6.07, 6.45) is 8.20. The van der Waals surface area contributed by atoms with E-state index >= 15 is 0 Å². The molecule has 0 radical (unpaired) electrons. The van der Waals surface area contributed by atoms with Crippen molar-refractivity contribution >= 4 is 5.97 Å². The molecular weight excluding hydrogens is 264 g/mol. The molecule has 0 atom stereocenters. The summed E-state index contributed by atoms with van der Waals surface area (Å²) < 4.78 is 5.00. The second-order valence-corrected chi connectivity index (χ2v) is 4.97. The molecule has 0 saturated heterocycles. The van der Waals surface area contributed by atoms with Crippen LogP contribution in [0.4, 0.5) is 0 Å². The first-order chi connectivity index (χ1) is 10.2. The molecule has 4 nitrogen and oxygen atoms in total. The third-order valence-corrected chi connectivity index (χ3v) is 3.15. The summed E-state index contributed by atoms with van der Waals surface area (Å²) in [5.41, 5.74) is 2.81. The lowest BCUT2D eigenvalue weighted by molar-refractivity contribution is -0.131. The van der Waals surface area contributed by atoms with E-state index in [1.807, 2.05) is 18.3 Å². The highest BCUT2D eigenvalue weighted by atomic mass is 16.5. The number of benzene rings is 1. The zero-order valence-electron chi connectivity index (χ0n) is 12.5. The predicted molar refractivity (Wildman–Crippen MR) is 82.0 cm³/mol. The molecule has 0 spiro atoms. The zero-order chi connectivity index (χ0) is 15.1. The van der Waals surface area contributed by atoms with Crippen LogP contribution < -0.4 is 4.74 Å². The van der Waals surface area contributed by atoms with Crippen molar-refractivity contribution in [3.05, 3.63) is 42.4 Å². The number of hydrogen-bond acceptors (Lipinski definition) is 4. The topological polar surface area (TPSA) is 52.1 Å². The fourth-order valence-corrected chi connectivity index (χ4v) is 2.05. The van der Waals surface area contributed by atoms with E-state index in [2.05, 4.69) is 16.9 Å². The third kappa shape index (κ3) is 4.67. The summed E-state index contributed by atoms with van der Waals surface area (Å²) >= 11 is 0. The van der Waals surface area contributed by atoms with E-state index in [9.17, 15) is 4.79 Å². The van der Waals surface area contributed by atoms with Gasteiger partial charge in [0, 0.05) is 18.7 Å². The SMILES string of the molecule is CCCCCc1cnc(-c2ccc(OC(C)=O)cc2)cn1. The van der Waals surface area contributed by atoms with E-state index in [1.165, 1.54) is 19.8 Å². The van der Waals surface area contributed by atoms with Crippen LogP contribution in [-0.2, 0) is 11.2 Å².